The van der Waals surface area contributed by atoms with Gasteiger partial charge in [-0.3, -0.25) is 14.3 Å². The lowest BCUT2D eigenvalue weighted by Crippen LogP contribution is -2.24. The minimum absolute atomic E-state index is 0.0291. The van der Waals surface area contributed by atoms with E-state index in [0.717, 1.165) is 22.8 Å². The van der Waals surface area contributed by atoms with Crippen molar-refractivity contribution in [3.8, 4) is 16.9 Å². The van der Waals surface area contributed by atoms with Gasteiger partial charge in [0.25, 0.3) is 5.56 Å². The molecule has 5 rings (SSSR count). The summed E-state index contributed by atoms with van der Waals surface area (Å²) in [7, 11) is -3.42. The lowest BCUT2D eigenvalue weighted by molar-refractivity contribution is 0.586. The summed E-state index contributed by atoms with van der Waals surface area (Å²) in [6.07, 6.45) is 3.14. The average Bonchev–Trinajstić information content (AvgIpc) is 3.64. The van der Waals surface area contributed by atoms with E-state index in [-0.39, 0.29) is 44.5 Å². The van der Waals surface area contributed by atoms with Gasteiger partial charge in [0.2, 0.25) is 0 Å². The van der Waals surface area contributed by atoms with Crippen LogP contribution in [-0.2, 0) is 9.73 Å². The van der Waals surface area contributed by atoms with Crippen LogP contribution in [0.5, 0.6) is 0 Å². The third-order valence-electron chi connectivity index (χ3n) is 6.89. The summed E-state index contributed by atoms with van der Waals surface area (Å²) in [4.78, 5) is 17.2. The van der Waals surface area contributed by atoms with Gasteiger partial charge in [0.1, 0.15) is 22.4 Å². The van der Waals surface area contributed by atoms with Gasteiger partial charge in [0.05, 0.1) is 20.3 Å². The SMILES string of the molecule is Cc1cnc(-c2cccc([S@@](C)(=N)=O)c2F)c(F)c1-n1c(C)cc([C@H]2C[C@@H]2c2ccc(F)cc2)c(Cl)c1=O. The number of benzene rings is 2. The van der Waals surface area contributed by atoms with Crippen molar-refractivity contribution in [1.82, 2.24) is 9.55 Å². The van der Waals surface area contributed by atoms with E-state index in [4.69, 9.17) is 16.4 Å². The monoisotopic (exact) mass is 557 g/mol. The van der Waals surface area contributed by atoms with Crippen molar-refractivity contribution in [3.05, 3.63) is 110 Å². The van der Waals surface area contributed by atoms with Crippen LogP contribution < -0.4 is 5.56 Å². The Labute approximate surface area is 222 Å². The van der Waals surface area contributed by atoms with E-state index in [1.807, 2.05) is 0 Å². The molecular formula is C28H23ClF3N3O2S. The first-order valence-corrected chi connectivity index (χ1v) is 14.1. The van der Waals surface area contributed by atoms with Crippen molar-refractivity contribution in [2.24, 2.45) is 0 Å². The highest BCUT2D eigenvalue weighted by Crippen LogP contribution is 2.55. The molecule has 5 nitrogen and oxygen atoms in total. The second-order valence-corrected chi connectivity index (χ2v) is 12.1. The first kappa shape index (κ1) is 26.2. The van der Waals surface area contributed by atoms with E-state index in [9.17, 15) is 13.4 Å². The summed E-state index contributed by atoms with van der Waals surface area (Å²) < 4.78 is 65.7. The first-order valence-electron chi connectivity index (χ1n) is 11.8. The second kappa shape index (κ2) is 9.39. The molecule has 2 aromatic carbocycles. The molecule has 10 heteroatoms. The minimum Gasteiger partial charge on any atom is -0.277 e. The van der Waals surface area contributed by atoms with Gasteiger partial charge in [-0.2, -0.15) is 0 Å². The Balaban J connectivity index is 1.61. The highest BCUT2D eigenvalue weighted by atomic mass is 35.5. The fourth-order valence-corrected chi connectivity index (χ4v) is 5.99. The van der Waals surface area contributed by atoms with E-state index in [1.165, 1.54) is 36.5 Å². The van der Waals surface area contributed by atoms with Crippen molar-refractivity contribution in [3.63, 3.8) is 0 Å². The zero-order valence-electron chi connectivity index (χ0n) is 20.7. The van der Waals surface area contributed by atoms with Crippen molar-refractivity contribution < 1.29 is 17.4 Å². The highest BCUT2D eigenvalue weighted by molar-refractivity contribution is 7.91. The van der Waals surface area contributed by atoms with Crippen LogP contribution >= 0.6 is 11.6 Å². The molecule has 0 saturated heterocycles. The third-order valence-corrected chi connectivity index (χ3v) is 8.42. The topological polar surface area (TPSA) is 75.8 Å². The Kier molecular flexibility index (Phi) is 6.47. The Hall–Kier alpha value is -3.43. The Bertz CT molecular complexity index is 1770. The van der Waals surface area contributed by atoms with Crippen LogP contribution in [0, 0.1) is 36.1 Å². The number of nitrogens with one attached hydrogen (secondary N) is 1. The molecule has 0 amide bonds. The van der Waals surface area contributed by atoms with Crippen LogP contribution in [0.25, 0.3) is 16.9 Å². The quantitative estimate of drug-likeness (QED) is 0.290. The summed E-state index contributed by atoms with van der Waals surface area (Å²) in [6, 6.07) is 11.8. The van der Waals surface area contributed by atoms with E-state index in [1.54, 1.807) is 32.0 Å². The summed E-state index contributed by atoms with van der Waals surface area (Å²) in [5.74, 6) is -2.22. The summed E-state index contributed by atoms with van der Waals surface area (Å²) in [5, 5.41) is -0.0459. The lowest BCUT2D eigenvalue weighted by Gasteiger charge is -2.18. The number of hydrogen-bond acceptors (Lipinski definition) is 4. The van der Waals surface area contributed by atoms with Crippen LogP contribution in [0.1, 0.15) is 40.6 Å². The zero-order chi connectivity index (χ0) is 27.5. The van der Waals surface area contributed by atoms with Gasteiger partial charge in [0.15, 0.2) is 5.82 Å². The standard InChI is InChI=1S/C28H23ClF3N3O2S/c1-14-13-34-26(18-5-4-6-22(24(18)31)38(3,33)37)25(32)27(14)35-15(2)11-21(23(29)28(35)36)20-12-19(20)16-7-9-17(30)10-8-16/h4-11,13,19-20,33H,12H2,1-3H3/t19-,20+,38+/m1/s1. The summed E-state index contributed by atoms with van der Waals surface area (Å²) in [5.41, 5.74) is 0.951. The molecule has 1 saturated carbocycles. The Morgan fingerprint density at radius 1 is 1.05 bits per heavy atom. The van der Waals surface area contributed by atoms with Gasteiger partial charge in [0, 0.05) is 23.7 Å². The van der Waals surface area contributed by atoms with Gasteiger partial charge in [-0.15, -0.1) is 0 Å². The van der Waals surface area contributed by atoms with Crippen molar-refractivity contribution in [2.45, 2.75) is 37.0 Å². The smallest absolute Gasteiger partial charge is 0.274 e. The molecule has 0 aliphatic heterocycles. The fourth-order valence-electron chi connectivity index (χ4n) is 4.92. The number of aryl methyl sites for hydroxylation is 2. The maximum atomic E-state index is 16.0. The third kappa shape index (κ3) is 4.43. The number of halogens is 4. The lowest BCUT2D eigenvalue weighted by atomic mass is 10.0. The molecular weight excluding hydrogens is 535 g/mol. The molecule has 0 bridgehead atoms. The molecule has 0 unspecified atom stereocenters. The predicted octanol–water partition coefficient (Wildman–Crippen LogP) is 6.89. The molecule has 196 valence electrons. The van der Waals surface area contributed by atoms with Gasteiger partial charge in [-0.05, 0) is 79.1 Å². The predicted molar refractivity (Wildman–Crippen MR) is 141 cm³/mol. The largest absolute Gasteiger partial charge is 0.277 e. The van der Waals surface area contributed by atoms with E-state index >= 15 is 8.78 Å². The highest BCUT2D eigenvalue weighted by Gasteiger charge is 2.41. The normalized spacial score (nSPS) is 18.3. The summed E-state index contributed by atoms with van der Waals surface area (Å²) in [6.45, 7) is 3.23. The number of rotatable bonds is 5. The fraction of sp³-hybridized carbons (Fsp3) is 0.214. The van der Waals surface area contributed by atoms with Crippen LogP contribution in [0.4, 0.5) is 13.2 Å². The van der Waals surface area contributed by atoms with Gasteiger partial charge in [-0.1, -0.05) is 29.8 Å². The number of hydrogen-bond donors (Lipinski definition) is 1. The Morgan fingerprint density at radius 2 is 1.74 bits per heavy atom. The average molecular weight is 558 g/mol. The Morgan fingerprint density at radius 3 is 2.39 bits per heavy atom. The van der Waals surface area contributed by atoms with Gasteiger partial charge < -0.3 is 0 Å². The van der Waals surface area contributed by atoms with Crippen LogP contribution in [0.15, 0.2) is 64.4 Å². The summed E-state index contributed by atoms with van der Waals surface area (Å²) >= 11 is 6.55. The number of pyridine rings is 2. The first-order chi connectivity index (χ1) is 17.9. The molecule has 1 N–H and O–H groups in total. The molecule has 1 fully saturated rings. The van der Waals surface area contributed by atoms with Gasteiger partial charge in [-0.25, -0.2) is 22.2 Å². The molecule has 2 heterocycles. The molecule has 1 aliphatic rings. The maximum absolute atomic E-state index is 16.0. The second-order valence-electron chi connectivity index (χ2n) is 9.61. The number of nitrogens with zero attached hydrogens (tertiary/aromatic N) is 2. The maximum Gasteiger partial charge on any atom is 0.274 e. The van der Waals surface area contributed by atoms with Crippen LogP contribution in [0.2, 0.25) is 5.02 Å². The van der Waals surface area contributed by atoms with Crippen molar-refractivity contribution in [1.29, 1.82) is 4.78 Å². The minimum atomic E-state index is -3.42. The molecule has 0 spiro atoms. The zero-order valence-corrected chi connectivity index (χ0v) is 22.3. The van der Waals surface area contributed by atoms with E-state index in [0.29, 0.717) is 16.8 Å². The van der Waals surface area contributed by atoms with E-state index < -0.39 is 26.9 Å². The molecule has 1 aliphatic carbocycles. The van der Waals surface area contributed by atoms with Crippen LogP contribution in [0.3, 0.4) is 0 Å². The molecule has 0 radical (unpaired) electrons. The molecule has 3 atom stereocenters. The van der Waals surface area contributed by atoms with Crippen molar-refractivity contribution >= 4 is 21.3 Å². The van der Waals surface area contributed by atoms with E-state index in [2.05, 4.69) is 4.98 Å². The van der Waals surface area contributed by atoms with Gasteiger partial charge >= 0.3 is 0 Å². The molecule has 2 aromatic heterocycles. The molecule has 4 aromatic rings. The van der Waals surface area contributed by atoms with Crippen molar-refractivity contribution in [2.75, 3.05) is 6.26 Å². The number of aromatic nitrogens is 2. The molecule has 38 heavy (non-hydrogen) atoms. The van der Waals surface area contributed by atoms with Crippen LogP contribution in [-0.4, -0.2) is 20.0 Å².